The number of nitriles is 1. The number of fused-ring (bicyclic) bond motifs is 1. The number of allylic oxidation sites excluding steroid dienone is 1. The first kappa shape index (κ1) is 13.9. The van der Waals surface area contributed by atoms with Crippen LogP contribution in [-0.4, -0.2) is 4.98 Å². The number of nitrogens with two attached hydrogens (primary N) is 1. The molecule has 3 N–H and O–H groups in total. The lowest BCUT2D eigenvalue weighted by Gasteiger charge is -2.25. The zero-order chi connectivity index (χ0) is 15.9. The van der Waals surface area contributed by atoms with E-state index in [1.54, 1.807) is 19.1 Å². The van der Waals surface area contributed by atoms with Crippen LogP contribution in [0.3, 0.4) is 0 Å². The molecule has 3 rings (SSSR count). The number of H-pyrrole nitrogens is 1. The van der Waals surface area contributed by atoms with Gasteiger partial charge in [-0.3, -0.25) is 4.79 Å². The monoisotopic (exact) mass is 297 g/mol. The van der Waals surface area contributed by atoms with Gasteiger partial charge in [0.05, 0.1) is 11.5 Å². The second kappa shape index (κ2) is 5.04. The molecule has 2 heterocycles. The standard InChI is InChI=1S/C16H12FN3O2/c1-8-5-12-14(16(21)20-8)13(11(7-18)15(19)22-12)9-3-2-4-10(17)6-9/h2-6,13H,19H2,1H3,(H,20,21)/t13-/m1/s1. The highest BCUT2D eigenvalue weighted by atomic mass is 19.1. The van der Waals surface area contributed by atoms with Crippen LogP contribution >= 0.6 is 0 Å². The van der Waals surface area contributed by atoms with Crippen LogP contribution in [0, 0.1) is 24.1 Å². The number of hydrogen-bond donors (Lipinski definition) is 2. The number of ether oxygens (including phenoxy) is 1. The van der Waals surface area contributed by atoms with E-state index >= 15 is 0 Å². The van der Waals surface area contributed by atoms with E-state index in [2.05, 4.69) is 4.98 Å². The molecule has 0 spiro atoms. The van der Waals surface area contributed by atoms with Crippen molar-refractivity contribution in [2.45, 2.75) is 12.8 Å². The SMILES string of the molecule is Cc1cc2c(c(=O)[nH]1)[C@H](c1cccc(F)c1)C(C#N)=C(N)O2. The molecule has 2 aromatic rings. The molecule has 22 heavy (non-hydrogen) atoms. The van der Waals surface area contributed by atoms with E-state index in [1.807, 2.05) is 6.07 Å². The third kappa shape index (κ3) is 2.13. The molecule has 1 aliphatic rings. The molecule has 0 amide bonds. The summed E-state index contributed by atoms with van der Waals surface area (Å²) in [6.45, 7) is 1.71. The Morgan fingerprint density at radius 2 is 2.18 bits per heavy atom. The van der Waals surface area contributed by atoms with Gasteiger partial charge in [-0.05, 0) is 24.6 Å². The number of aryl methyl sites for hydroxylation is 1. The van der Waals surface area contributed by atoms with Crippen molar-refractivity contribution in [3.05, 3.63) is 74.8 Å². The highest BCUT2D eigenvalue weighted by molar-refractivity contribution is 5.54. The van der Waals surface area contributed by atoms with E-state index < -0.39 is 11.7 Å². The Balaban J connectivity index is 2.32. The molecule has 1 aromatic carbocycles. The van der Waals surface area contributed by atoms with Gasteiger partial charge in [-0.1, -0.05) is 12.1 Å². The average molecular weight is 297 g/mol. The van der Waals surface area contributed by atoms with Crippen LogP contribution in [0.25, 0.3) is 0 Å². The molecule has 0 aliphatic carbocycles. The molecular weight excluding hydrogens is 285 g/mol. The van der Waals surface area contributed by atoms with Gasteiger partial charge in [-0.15, -0.1) is 0 Å². The largest absolute Gasteiger partial charge is 0.440 e. The fraction of sp³-hybridized carbons (Fsp3) is 0.125. The Hall–Kier alpha value is -3.07. The first-order valence-corrected chi connectivity index (χ1v) is 6.58. The summed E-state index contributed by atoms with van der Waals surface area (Å²) in [6, 6.07) is 9.33. The fourth-order valence-corrected chi connectivity index (χ4v) is 2.63. The van der Waals surface area contributed by atoms with Crippen molar-refractivity contribution < 1.29 is 9.13 Å². The predicted octanol–water partition coefficient (Wildman–Crippen LogP) is 2.04. The Morgan fingerprint density at radius 3 is 2.86 bits per heavy atom. The Morgan fingerprint density at radius 1 is 1.41 bits per heavy atom. The van der Waals surface area contributed by atoms with Gasteiger partial charge in [0, 0.05) is 11.8 Å². The van der Waals surface area contributed by atoms with E-state index in [1.165, 1.54) is 18.2 Å². The van der Waals surface area contributed by atoms with Crippen LogP contribution in [0.5, 0.6) is 5.75 Å². The maximum atomic E-state index is 13.5. The van der Waals surface area contributed by atoms with Crippen LogP contribution in [0.1, 0.15) is 22.7 Å². The van der Waals surface area contributed by atoms with Gasteiger partial charge in [0.25, 0.3) is 5.56 Å². The normalized spacial score (nSPS) is 16.7. The van der Waals surface area contributed by atoms with Gasteiger partial charge < -0.3 is 15.5 Å². The lowest BCUT2D eigenvalue weighted by molar-refractivity contribution is 0.391. The van der Waals surface area contributed by atoms with Crippen molar-refractivity contribution >= 4 is 0 Å². The lowest BCUT2D eigenvalue weighted by Crippen LogP contribution is -2.28. The topological polar surface area (TPSA) is 91.9 Å². The smallest absolute Gasteiger partial charge is 0.256 e. The minimum Gasteiger partial charge on any atom is -0.440 e. The van der Waals surface area contributed by atoms with Gasteiger partial charge in [-0.2, -0.15) is 5.26 Å². The summed E-state index contributed by atoms with van der Waals surface area (Å²) in [6.07, 6.45) is 0. The van der Waals surface area contributed by atoms with Crippen molar-refractivity contribution in [1.82, 2.24) is 4.98 Å². The third-order valence-corrected chi connectivity index (χ3v) is 3.53. The van der Waals surface area contributed by atoms with E-state index in [9.17, 15) is 14.4 Å². The zero-order valence-corrected chi connectivity index (χ0v) is 11.7. The van der Waals surface area contributed by atoms with E-state index in [-0.39, 0.29) is 28.3 Å². The number of hydrogen-bond acceptors (Lipinski definition) is 4. The number of halogens is 1. The van der Waals surface area contributed by atoms with Crippen molar-refractivity contribution in [2.24, 2.45) is 5.73 Å². The van der Waals surface area contributed by atoms with Crippen molar-refractivity contribution in [1.29, 1.82) is 5.26 Å². The number of rotatable bonds is 1. The van der Waals surface area contributed by atoms with Crippen molar-refractivity contribution in [3.63, 3.8) is 0 Å². The fourth-order valence-electron chi connectivity index (χ4n) is 2.63. The second-order valence-electron chi connectivity index (χ2n) is 5.04. The molecule has 1 atom stereocenters. The molecule has 1 aromatic heterocycles. The highest BCUT2D eigenvalue weighted by Crippen LogP contribution is 2.40. The average Bonchev–Trinajstić information content (AvgIpc) is 2.45. The van der Waals surface area contributed by atoms with Crippen molar-refractivity contribution in [3.8, 4) is 11.8 Å². The summed E-state index contributed by atoms with van der Waals surface area (Å²) in [5, 5.41) is 9.36. The van der Waals surface area contributed by atoms with E-state index in [4.69, 9.17) is 10.5 Å². The molecule has 0 saturated heterocycles. The molecule has 1 aliphatic heterocycles. The summed E-state index contributed by atoms with van der Waals surface area (Å²) in [5.41, 5.74) is 6.83. The molecule has 0 radical (unpaired) electrons. The first-order chi connectivity index (χ1) is 10.5. The third-order valence-electron chi connectivity index (χ3n) is 3.53. The van der Waals surface area contributed by atoms with Gasteiger partial charge in [0.15, 0.2) is 0 Å². The number of nitrogens with zero attached hydrogens (tertiary/aromatic N) is 1. The molecule has 0 fully saturated rings. The molecule has 5 nitrogen and oxygen atoms in total. The second-order valence-corrected chi connectivity index (χ2v) is 5.04. The number of benzene rings is 1. The maximum absolute atomic E-state index is 13.5. The summed E-state index contributed by atoms with van der Waals surface area (Å²) in [5.74, 6) is -1.000. The number of aromatic amines is 1. The molecule has 6 heteroatoms. The molecular formula is C16H12FN3O2. The number of pyridine rings is 1. The van der Waals surface area contributed by atoms with Gasteiger partial charge >= 0.3 is 0 Å². The maximum Gasteiger partial charge on any atom is 0.256 e. The van der Waals surface area contributed by atoms with Crippen molar-refractivity contribution in [2.75, 3.05) is 0 Å². The Bertz CT molecular complexity index is 893. The van der Waals surface area contributed by atoms with Crippen LogP contribution in [0.15, 0.2) is 46.6 Å². The van der Waals surface area contributed by atoms with Crippen LogP contribution in [0.4, 0.5) is 4.39 Å². The quantitative estimate of drug-likeness (QED) is 0.842. The first-order valence-electron chi connectivity index (χ1n) is 6.58. The predicted molar refractivity (Wildman–Crippen MR) is 77.5 cm³/mol. The van der Waals surface area contributed by atoms with E-state index in [0.29, 0.717) is 11.3 Å². The Labute approximate surface area is 125 Å². The Kier molecular flexibility index (Phi) is 3.18. The number of aromatic nitrogens is 1. The molecule has 110 valence electrons. The zero-order valence-electron chi connectivity index (χ0n) is 11.7. The highest BCUT2D eigenvalue weighted by Gasteiger charge is 2.33. The molecule has 0 bridgehead atoms. The summed E-state index contributed by atoms with van der Waals surface area (Å²) in [4.78, 5) is 15.0. The summed E-state index contributed by atoms with van der Waals surface area (Å²) < 4.78 is 18.9. The van der Waals surface area contributed by atoms with Gasteiger partial charge in [-0.25, -0.2) is 4.39 Å². The van der Waals surface area contributed by atoms with E-state index in [0.717, 1.165) is 0 Å². The summed E-state index contributed by atoms with van der Waals surface area (Å²) >= 11 is 0. The lowest BCUT2D eigenvalue weighted by atomic mass is 9.84. The van der Waals surface area contributed by atoms with Crippen LogP contribution < -0.4 is 16.0 Å². The molecule has 0 saturated carbocycles. The molecule has 0 unspecified atom stereocenters. The van der Waals surface area contributed by atoms with Gasteiger partial charge in [0.2, 0.25) is 5.88 Å². The number of nitrogens with one attached hydrogen (secondary N) is 1. The van der Waals surface area contributed by atoms with Crippen LogP contribution in [-0.2, 0) is 0 Å². The minimum atomic E-state index is -0.756. The minimum absolute atomic E-state index is 0.0748. The van der Waals surface area contributed by atoms with Crippen LogP contribution in [0.2, 0.25) is 0 Å². The summed E-state index contributed by atoms with van der Waals surface area (Å²) in [7, 11) is 0. The van der Waals surface area contributed by atoms with Gasteiger partial charge in [0.1, 0.15) is 23.2 Å².